The molecule has 0 aliphatic heterocycles. The van der Waals surface area contributed by atoms with Gasteiger partial charge < -0.3 is 19.4 Å². The molecule has 18 heavy (non-hydrogen) atoms. The Morgan fingerprint density at radius 3 is 2.28 bits per heavy atom. The highest BCUT2D eigenvalue weighted by atomic mass is 16.6. The lowest BCUT2D eigenvalue weighted by molar-refractivity contribution is -0.156. The Bertz CT molecular complexity index is 299. The van der Waals surface area contributed by atoms with Gasteiger partial charge in [0.25, 0.3) is 0 Å². The minimum absolute atomic E-state index is 0.0153. The first kappa shape index (κ1) is 16.6. The molecule has 6 heteroatoms. The Labute approximate surface area is 106 Å². The summed E-state index contributed by atoms with van der Waals surface area (Å²) in [5.41, 5.74) is 0. The van der Waals surface area contributed by atoms with Gasteiger partial charge in [0.2, 0.25) is 0 Å². The molecular formula is C12H20O6. The number of esters is 1. The van der Waals surface area contributed by atoms with Crippen molar-refractivity contribution in [2.75, 3.05) is 13.7 Å². The molecule has 0 bridgehead atoms. The smallest absolute Gasteiger partial charge is 0.334 e. The van der Waals surface area contributed by atoms with Crippen LogP contribution in [0.25, 0.3) is 0 Å². The molecule has 0 saturated carbocycles. The number of carbonyl (C=O) groups excluding carboxylic acids is 2. The molecule has 0 aromatic rings. The van der Waals surface area contributed by atoms with Crippen molar-refractivity contribution in [3.8, 4) is 0 Å². The SMILES string of the molecule is COC(C)C(=O)OCCC(CCC(C)=O)C(=O)O. The maximum Gasteiger partial charge on any atom is 0.334 e. The molecule has 0 amide bonds. The van der Waals surface area contributed by atoms with E-state index in [1.54, 1.807) is 6.92 Å². The first-order chi connectivity index (χ1) is 8.38. The second kappa shape index (κ2) is 8.63. The van der Waals surface area contributed by atoms with Crippen LogP contribution in [0.15, 0.2) is 0 Å². The number of carboxylic acid groups (broad SMARTS) is 1. The number of carbonyl (C=O) groups is 3. The largest absolute Gasteiger partial charge is 0.481 e. The lowest BCUT2D eigenvalue weighted by atomic mass is 9.99. The molecule has 0 fully saturated rings. The van der Waals surface area contributed by atoms with Gasteiger partial charge >= 0.3 is 11.9 Å². The Kier molecular flexibility index (Phi) is 7.94. The number of Topliss-reactive ketones (excluding diaryl/α,β-unsaturated/α-hetero) is 1. The predicted molar refractivity (Wildman–Crippen MR) is 63.1 cm³/mol. The van der Waals surface area contributed by atoms with E-state index in [1.807, 2.05) is 0 Å². The third-order valence-electron chi connectivity index (χ3n) is 2.59. The van der Waals surface area contributed by atoms with Gasteiger partial charge in [-0.25, -0.2) is 4.79 Å². The highest BCUT2D eigenvalue weighted by Crippen LogP contribution is 2.12. The summed E-state index contributed by atoms with van der Waals surface area (Å²) < 4.78 is 9.63. The number of hydrogen-bond acceptors (Lipinski definition) is 5. The van der Waals surface area contributed by atoms with Crippen LogP contribution in [0.3, 0.4) is 0 Å². The average molecular weight is 260 g/mol. The molecule has 0 aromatic carbocycles. The molecule has 0 rings (SSSR count). The van der Waals surface area contributed by atoms with E-state index in [0.717, 1.165) is 0 Å². The van der Waals surface area contributed by atoms with Crippen LogP contribution in [0.2, 0.25) is 0 Å². The van der Waals surface area contributed by atoms with Gasteiger partial charge in [0.15, 0.2) is 6.10 Å². The first-order valence-corrected chi connectivity index (χ1v) is 5.80. The summed E-state index contributed by atoms with van der Waals surface area (Å²) in [5, 5.41) is 8.93. The summed E-state index contributed by atoms with van der Waals surface area (Å²) in [6, 6.07) is 0. The Hall–Kier alpha value is -1.43. The van der Waals surface area contributed by atoms with Crippen LogP contribution in [-0.2, 0) is 23.9 Å². The van der Waals surface area contributed by atoms with Gasteiger partial charge in [-0.2, -0.15) is 0 Å². The first-order valence-electron chi connectivity index (χ1n) is 5.80. The van der Waals surface area contributed by atoms with Crippen LogP contribution in [-0.4, -0.2) is 42.6 Å². The fourth-order valence-corrected chi connectivity index (χ4v) is 1.28. The number of rotatable bonds is 9. The van der Waals surface area contributed by atoms with Crippen LogP contribution < -0.4 is 0 Å². The van der Waals surface area contributed by atoms with Crippen molar-refractivity contribution in [1.29, 1.82) is 0 Å². The number of aliphatic carboxylic acids is 1. The lowest BCUT2D eigenvalue weighted by Crippen LogP contribution is -2.24. The topological polar surface area (TPSA) is 89.9 Å². The number of ether oxygens (including phenoxy) is 2. The zero-order valence-electron chi connectivity index (χ0n) is 11.0. The van der Waals surface area contributed by atoms with Crippen LogP contribution in [0.4, 0.5) is 0 Å². The summed E-state index contributed by atoms with van der Waals surface area (Å²) >= 11 is 0. The molecule has 6 nitrogen and oxygen atoms in total. The lowest BCUT2D eigenvalue weighted by Gasteiger charge is -2.13. The molecule has 0 aromatic heterocycles. The standard InChI is InChI=1S/C12H20O6/c1-8(13)4-5-10(11(14)15)6-7-18-12(16)9(2)17-3/h9-10H,4-7H2,1-3H3,(H,14,15). The number of methoxy groups -OCH3 is 1. The van der Waals surface area contributed by atoms with Crippen LogP contribution in [0, 0.1) is 5.92 Å². The molecule has 2 unspecified atom stereocenters. The van der Waals surface area contributed by atoms with Crippen LogP contribution in [0.5, 0.6) is 0 Å². The predicted octanol–water partition coefficient (Wildman–Crippen LogP) is 1.02. The third-order valence-corrected chi connectivity index (χ3v) is 2.59. The van der Waals surface area contributed by atoms with Crippen molar-refractivity contribution in [1.82, 2.24) is 0 Å². The Morgan fingerprint density at radius 1 is 1.22 bits per heavy atom. The molecule has 0 aliphatic rings. The van der Waals surface area contributed by atoms with Crippen molar-refractivity contribution in [3.63, 3.8) is 0 Å². The number of carboxylic acids is 1. The van der Waals surface area contributed by atoms with E-state index in [9.17, 15) is 14.4 Å². The summed E-state index contributed by atoms with van der Waals surface area (Å²) in [6.07, 6.45) is 0.0252. The summed E-state index contributed by atoms with van der Waals surface area (Å²) in [4.78, 5) is 32.9. The quantitative estimate of drug-likeness (QED) is 0.622. The molecule has 0 aliphatic carbocycles. The van der Waals surface area contributed by atoms with Crippen molar-refractivity contribution in [2.45, 2.75) is 39.2 Å². The van der Waals surface area contributed by atoms with E-state index in [4.69, 9.17) is 14.6 Å². The van der Waals surface area contributed by atoms with Crippen LogP contribution in [0.1, 0.15) is 33.1 Å². The van der Waals surface area contributed by atoms with Crippen molar-refractivity contribution in [2.24, 2.45) is 5.92 Å². The summed E-state index contributed by atoms with van der Waals surface area (Å²) in [5.74, 6) is -2.22. The molecular weight excluding hydrogens is 240 g/mol. The molecule has 1 N–H and O–H groups in total. The van der Waals surface area contributed by atoms with Crippen molar-refractivity contribution in [3.05, 3.63) is 0 Å². The second-order valence-corrected chi connectivity index (χ2v) is 4.11. The van der Waals surface area contributed by atoms with Gasteiger partial charge in [0.05, 0.1) is 12.5 Å². The van der Waals surface area contributed by atoms with E-state index < -0.39 is 24.0 Å². The highest BCUT2D eigenvalue weighted by molar-refractivity contribution is 5.77. The monoisotopic (exact) mass is 260 g/mol. The normalized spacial score (nSPS) is 13.7. The van der Waals surface area contributed by atoms with Gasteiger partial charge in [-0.1, -0.05) is 0 Å². The fraction of sp³-hybridized carbons (Fsp3) is 0.750. The van der Waals surface area contributed by atoms with Crippen molar-refractivity contribution < 1.29 is 29.0 Å². The maximum atomic E-state index is 11.2. The molecule has 104 valence electrons. The Morgan fingerprint density at radius 2 is 1.83 bits per heavy atom. The Balaban J connectivity index is 4.01. The number of ketones is 1. The fourth-order valence-electron chi connectivity index (χ4n) is 1.28. The van der Waals surface area contributed by atoms with E-state index in [-0.39, 0.29) is 31.7 Å². The minimum Gasteiger partial charge on any atom is -0.481 e. The van der Waals surface area contributed by atoms with Crippen LogP contribution >= 0.6 is 0 Å². The molecule has 2 atom stereocenters. The second-order valence-electron chi connectivity index (χ2n) is 4.11. The summed E-state index contributed by atoms with van der Waals surface area (Å²) in [6.45, 7) is 2.98. The van der Waals surface area contributed by atoms with Crippen molar-refractivity contribution >= 4 is 17.7 Å². The van der Waals surface area contributed by atoms with E-state index in [2.05, 4.69) is 0 Å². The van der Waals surface area contributed by atoms with Gasteiger partial charge in [-0.05, 0) is 26.7 Å². The number of hydrogen-bond donors (Lipinski definition) is 1. The zero-order valence-corrected chi connectivity index (χ0v) is 11.0. The van der Waals surface area contributed by atoms with Gasteiger partial charge in [0.1, 0.15) is 5.78 Å². The zero-order chi connectivity index (χ0) is 14.1. The molecule has 0 radical (unpaired) electrons. The van der Waals surface area contributed by atoms with Gasteiger partial charge in [-0.3, -0.25) is 4.79 Å². The van der Waals surface area contributed by atoms with E-state index in [1.165, 1.54) is 14.0 Å². The molecule has 0 spiro atoms. The van der Waals surface area contributed by atoms with Gasteiger partial charge in [0, 0.05) is 13.5 Å². The minimum atomic E-state index is -0.980. The highest BCUT2D eigenvalue weighted by Gasteiger charge is 2.19. The average Bonchev–Trinajstić information content (AvgIpc) is 2.31. The maximum absolute atomic E-state index is 11.2. The summed E-state index contributed by atoms with van der Waals surface area (Å²) in [7, 11) is 1.39. The van der Waals surface area contributed by atoms with Gasteiger partial charge in [-0.15, -0.1) is 0 Å². The van der Waals surface area contributed by atoms with E-state index in [0.29, 0.717) is 0 Å². The third kappa shape index (κ3) is 7.01. The van der Waals surface area contributed by atoms with E-state index >= 15 is 0 Å². The molecule has 0 heterocycles. The molecule has 0 saturated heterocycles.